The van der Waals surface area contributed by atoms with Crippen LogP contribution in [0, 0.1) is 0 Å². The highest BCUT2D eigenvalue weighted by Gasteiger charge is 2.28. The fraction of sp³-hybridized carbons (Fsp3) is 0.273. The number of hydrogen-bond acceptors (Lipinski definition) is 3. The SMILES string of the molecule is COC(=O)C(C(C)=O)c1ccc(Cl)cc1Br. The van der Waals surface area contributed by atoms with Crippen LogP contribution in [0.1, 0.15) is 18.4 Å². The number of Topliss-reactive ketones (excluding diaryl/α,β-unsaturated/α-hetero) is 1. The normalized spacial score (nSPS) is 12.0. The van der Waals surface area contributed by atoms with E-state index in [1.807, 2.05) is 0 Å². The number of benzene rings is 1. The largest absolute Gasteiger partial charge is 0.468 e. The molecule has 0 aliphatic rings. The third-order valence-electron chi connectivity index (χ3n) is 2.12. The van der Waals surface area contributed by atoms with Crippen molar-refractivity contribution in [2.24, 2.45) is 0 Å². The Morgan fingerprint density at radius 2 is 2.06 bits per heavy atom. The van der Waals surface area contributed by atoms with Crippen LogP contribution < -0.4 is 0 Å². The molecule has 0 heterocycles. The third kappa shape index (κ3) is 2.83. The molecule has 0 amide bonds. The van der Waals surface area contributed by atoms with Crippen molar-refractivity contribution in [1.82, 2.24) is 0 Å². The molecular weight excluding hydrogens is 295 g/mol. The van der Waals surface area contributed by atoms with Gasteiger partial charge in [-0.25, -0.2) is 0 Å². The summed E-state index contributed by atoms with van der Waals surface area (Å²) in [6.45, 7) is 1.35. The van der Waals surface area contributed by atoms with Crippen molar-refractivity contribution in [3.63, 3.8) is 0 Å². The molecule has 1 aromatic carbocycles. The van der Waals surface area contributed by atoms with E-state index in [4.69, 9.17) is 11.6 Å². The van der Waals surface area contributed by atoms with Crippen molar-refractivity contribution in [2.75, 3.05) is 7.11 Å². The van der Waals surface area contributed by atoms with Crippen LogP contribution in [0.3, 0.4) is 0 Å². The van der Waals surface area contributed by atoms with Gasteiger partial charge in [-0.2, -0.15) is 0 Å². The number of ketones is 1. The van der Waals surface area contributed by atoms with Crippen molar-refractivity contribution in [3.05, 3.63) is 33.3 Å². The van der Waals surface area contributed by atoms with Gasteiger partial charge in [-0.3, -0.25) is 9.59 Å². The first-order chi connectivity index (χ1) is 7.47. The maximum atomic E-state index is 11.5. The zero-order chi connectivity index (χ0) is 12.3. The number of rotatable bonds is 3. The zero-order valence-corrected chi connectivity index (χ0v) is 11.1. The van der Waals surface area contributed by atoms with E-state index in [9.17, 15) is 9.59 Å². The lowest BCUT2D eigenvalue weighted by Crippen LogP contribution is -2.21. The number of carbonyl (C=O) groups excluding carboxylic acids is 2. The van der Waals surface area contributed by atoms with Gasteiger partial charge in [0.25, 0.3) is 0 Å². The van der Waals surface area contributed by atoms with Gasteiger partial charge in [0, 0.05) is 9.50 Å². The van der Waals surface area contributed by atoms with E-state index in [0.717, 1.165) is 0 Å². The Kier molecular flexibility index (Phi) is 4.50. The van der Waals surface area contributed by atoms with Crippen molar-refractivity contribution >= 4 is 39.3 Å². The Bertz CT molecular complexity index is 431. The second-order valence-corrected chi connectivity index (χ2v) is 4.52. The molecule has 1 rings (SSSR count). The number of esters is 1. The van der Waals surface area contributed by atoms with Crippen LogP contribution in [0.5, 0.6) is 0 Å². The summed E-state index contributed by atoms with van der Waals surface area (Å²) in [4.78, 5) is 22.9. The van der Waals surface area contributed by atoms with Gasteiger partial charge in [-0.1, -0.05) is 33.6 Å². The summed E-state index contributed by atoms with van der Waals surface area (Å²) < 4.78 is 5.22. The van der Waals surface area contributed by atoms with Crippen LogP contribution in [-0.2, 0) is 14.3 Å². The first-order valence-corrected chi connectivity index (χ1v) is 5.67. The van der Waals surface area contributed by atoms with E-state index in [1.54, 1.807) is 18.2 Å². The van der Waals surface area contributed by atoms with Gasteiger partial charge in [0.2, 0.25) is 0 Å². The smallest absolute Gasteiger partial charge is 0.320 e. The van der Waals surface area contributed by atoms with Crippen LogP contribution in [0.2, 0.25) is 5.02 Å². The van der Waals surface area contributed by atoms with E-state index in [2.05, 4.69) is 20.7 Å². The van der Waals surface area contributed by atoms with Gasteiger partial charge in [0.1, 0.15) is 11.7 Å². The zero-order valence-electron chi connectivity index (χ0n) is 8.79. The summed E-state index contributed by atoms with van der Waals surface area (Å²) in [6.07, 6.45) is 0. The predicted molar refractivity (Wildman–Crippen MR) is 64.6 cm³/mol. The fourth-order valence-electron chi connectivity index (χ4n) is 1.37. The quantitative estimate of drug-likeness (QED) is 0.637. The molecule has 0 fully saturated rings. The van der Waals surface area contributed by atoms with E-state index >= 15 is 0 Å². The highest BCUT2D eigenvalue weighted by atomic mass is 79.9. The standard InChI is InChI=1S/C11H10BrClO3/c1-6(14)10(11(15)16-2)8-4-3-7(13)5-9(8)12/h3-5,10H,1-2H3. The molecule has 1 atom stereocenters. The first-order valence-electron chi connectivity index (χ1n) is 4.50. The lowest BCUT2D eigenvalue weighted by atomic mass is 9.96. The molecular formula is C11H10BrClO3. The molecule has 1 unspecified atom stereocenters. The van der Waals surface area contributed by atoms with Crippen LogP contribution in [0.15, 0.2) is 22.7 Å². The lowest BCUT2D eigenvalue weighted by Gasteiger charge is -2.13. The topological polar surface area (TPSA) is 43.4 Å². The predicted octanol–water partition coefficient (Wildman–Crippen LogP) is 2.95. The minimum absolute atomic E-state index is 0.269. The Hall–Kier alpha value is -0.870. The molecule has 3 nitrogen and oxygen atoms in total. The lowest BCUT2D eigenvalue weighted by molar-refractivity contribution is -0.145. The van der Waals surface area contributed by atoms with Gasteiger partial charge in [0.05, 0.1) is 7.11 Å². The first kappa shape index (κ1) is 13.2. The summed E-state index contributed by atoms with van der Waals surface area (Å²) in [5.74, 6) is -1.75. The molecule has 0 aliphatic carbocycles. The Labute approximate surface area is 107 Å². The summed E-state index contributed by atoms with van der Waals surface area (Å²) in [5.41, 5.74) is 0.559. The van der Waals surface area contributed by atoms with Gasteiger partial charge < -0.3 is 4.74 Å². The minimum atomic E-state index is -0.906. The number of carbonyl (C=O) groups is 2. The van der Waals surface area contributed by atoms with Crippen molar-refractivity contribution < 1.29 is 14.3 Å². The number of hydrogen-bond donors (Lipinski definition) is 0. The molecule has 0 bridgehead atoms. The van der Waals surface area contributed by atoms with E-state index < -0.39 is 11.9 Å². The van der Waals surface area contributed by atoms with Gasteiger partial charge in [0.15, 0.2) is 0 Å². The molecule has 86 valence electrons. The fourth-order valence-corrected chi connectivity index (χ4v) is 2.28. The van der Waals surface area contributed by atoms with Crippen LogP contribution >= 0.6 is 27.5 Å². The molecule has 0 aromatic heterocycles. The van der Waals surface area contributed by atoms with E-state index in [1.165, 1.54) is 14.0 Å². The maximum Gasteiger partial charge on any atom is 0.320 e. The van der Waals surface area contributed by atoms with E-state index in [0.29, 0.717) is 15.1 Å². The Morgan fingerprint density at radius 1 is 1.44 bits per heavy atom. The summed E-state index contributed by atoms with van der Waals surface area (Å²) in [7, 11) is 1.25. The van der Waals surface area contributed by atoms with E-state index in [-0.39, 0.29) is 5.78 Å². The average molecular weight is 306 g/mol. The molecule has 0 saturated carbocycles. The molecule has 16 heavy (non-hydrogen) atoms. The van der Waals surface area contributed by atoms with Gasteiger partial charge >= 0.3 is 5.97 Å². The number of ether oxygens (including phenoxy) is 1. The van der Waals surface area contributed by atoms with Crippen molar-refractivity contribution in [3.8, 4) is 0 Å². The average Bonchev–Trinajstić information content (AvgIpc) is 2.21. The minimum Gasteiger partial charge on any atom is -0.468 e. The summed E-state index contributed by atoms with van der Waals surface area (Å²) in [6, 6.07) is 4.89. The Balaban J connectivity index is 3.21. The molecule has 0 radical (unpaired) electrons. The second kappa shape index (κ2) is 5.46. The van der Waals surface area contributed by atoms with Crippen molar-refractivity contribution in [2.45, 2.75) is 12.8 Å². The molecule has 0 saturated heterocycles. The van der Waals surface area contributed by atoms with Gasteiger partial charge in [-0.15, -0.1) is 0 Å². The van der Waals surface area contributed by atoms with Crippen molar-refractivity contribution in [1.29, 1.82) is 0 Å². The molecule has 1 aromatic rings. The highest BCUT2D eigenvalue weighted by molar-refractivity contribution is 9.10. The molecule has 0 aliphatic heterocycles. The Morgan fingerprint density at radius 3 is 2.50 bits per heavy atom. The van der Waals surface area contributed by atoms with Crippen LogP contribution in [-0.4, -0.2) is 18.9 Å². The highest BCUT2D eigenvalue weighted by Crippen LogP contribution is 2.29. The number of methoxy groups -OCH3 is 1. The second-order valence-electron chi connectivity index (χ2n) is 3.23. The summed E-state index contributed by atoms with van der Waals surface area (Å²) >= 11 is 9.05. The summed E-state index contributed by atoms with van der Waals surface area (Å²) in [5, 5.41) is 0.530. The van der Waals surface area contributed by atoms with Gasteiger partial charge in [-0.05, 0) is 24.6 Å². The van der Waals surface area contributed by atoms with Crippen LogP contribution in [0.25, 0.3) is 0 Å². The third-order valence-corrected chi connectivity index (χ3v) is 3.04. The monoisotopic (exact) mass is 304 g/mol. The number of halogens is 2. The molecule has 0 spiro atoms. The van der Waals surface area contributed by atoms with Crippen LogP contribution in [0.4, 0.5) is 0 Å². The molecule has 5 heteroatoms. The maximum absolute atomic E-state index is 11.5. The molecule has 0 N–H and O–H groups in total.